The number of alkyl halides is 1. The summed E-state index contributed by atoms with van der Waals surface area (Å²) in [6.45, 7) is 11.3. The third kappa shape index (κ3) is 36.7. The van der Waals surface area contributed by atoms with Crippen molar-refractivity contribution < 1.29 is 154 Å². The number of amides is 5. The van der Waals surface area contributed by atoms with E-state index in [2.05, 4.69) is 73.5 Å². The average molecular weight is 1830 g/mol. The zero-order valence-corrected chi connectivity index (χ0v) is 72.1. The quantitative estimate of drug-likeness (QED) is 0.0186. The van der Waals surface area contributed by atoms with Crippen molar-refractivity contribution in [2.45, 2.75) is 208 Å². The van der Waals surface area contributed by atoms with Crippen molar-refractivity contribution in [3.8, 4) is 0 Å². The van der Waals surface area contributed by atoms with E-state index in [4.69, 9.17) is 94.7 Å². The topological polar surface area (TPSA) is 564 Å². The largest absolute Gasteiger partial charge is 0.390 e. The SMILES string of the molecule is CC(=O)N[C@H]1[C@H]2OC[C@](COCCOCCOCCOCCn3cc(COCC(COCc4cn(CCOCCOCCOCCOC[C@@]56CO[C@@H](O5)[C@H](NC(C)=O)[C@@H](O)[C@H]6O)nn4)(COCc4cn(CCOCCOCCOCCOC[C@@]5(C)O[C@H](O)C[C@@H](O)[C@H]5O)nn4)NC(=O)CCCCCNC(=O)CCCCCNC(=O)CBr)nn3)(O2)[C@H](O)[C@@H]1O. The smallest absolute Gasteiger partial charge is 0.230 e. The van der Waals surface area contributed by atoms with Crippen LogP contribution in [0.25, 0.3) is 0 Å². The van der Waals surface area contributed by atoms with E-state index >= 15 is 0 Å². The van der Waals surface area contributed by atoms with Gasteiger partial charge >= 0.3 is 0 Å². The van der Waals surface area contributed by atoms with E-state index in [0.717, 1.165) is 12.8 Å². The second-order valence-corrected chi connectivity index (χ2v) is 31.1. The van der Waals surface area contributed by atoms with Gasteiger partial charge in [0.25, 0.3) is 0 Å². The lowest BCUT2D eigenvalue weighted by atomic mass is 9.88. The second-order valence-electron chi connectivity index (χ2n) is 30.5. The van der Waals surface area contributed by atoms with Crippen LogP contribution in [0, 0.1) is 0 Å². The van der Waals surface area contributed by atoms with Gasteiger partial charge in [-0.1, -0.05) is 44.4 Å². The summed E-state index contributed by atoms with van der Waals surface area (Å²) in [7, 11) is 0. The minimum absolute atomic E-state index is 0.0171. The van der Waals surface area contributed by atoms with E-state index in [1.54, 1.807) is 39.6 Å². The van der Waals surface area contributed by atoms with Gasteiger partial charge in [-0.05, 0) is 32.6 Å². The minimum Gasteiger partial charge on any atom is -0.390 e. The van der Waals surface area contributed by atoms with Gasteiger partial charge in [0.2, 0.25) is 29.5 Å². The molecule has 3 aromatic rings. The van der Waals surface area contributed by atoms with Crippen molar-refractivity contribution in [3.05, 3.63) is 35.7 Å². The number of fused-ring (bicyclic) bond motifs is 4. The van der Waals surface area contributed by atoms with E-state index in [9.17, 15) is 59.7 Å². The highest BCUT2D eigenvalue weighted by atomic mass is 79.9. The number of aromatic nitrogens is 9. The summed E-state index contributed by atoms with van der Waals surface area (Å²) < 4.78 is 120. The summed E-state index contributed by atoms with van der Waals surface area (Å²) in [5, 5.41) is 113. The Kier molecular flexibility index (Phi) is 47.1. The van der Waals surface area contributed by atoms with Crippen LogP contribution in [0.2, 0.25) is 0 Å². The summed E-state index contributed by atoms with van der Waals surface area (Å²) in [5.74, 6) is -1.24. The van der Waals surface area contributed by atoms with E-state index in [0.29, 0.717) is 168 Å². The first kappa shape index (κ1) is 103. The number of ether oxygens (including phenoxy) is 20. The predicted molar refractivity (Wildman–Crippen MR) is 425 cm³/mol. The lowest BCUT2D eigenvalue weighted by Crippen LogP contribution is -2.66. The molecule has 5 aliphatic heterocycles. The predicted octanol–water partition coefficient (Wildman–Crippen LogP) is -4.86. The Balaban J connectivity index is 0.769. The molecule has 702 valence electrons. The molecule has 14 atom stereocenters. The fourth-order valence-corrected chi connectivity index (χ4v) is 13.8. The molecule has 5 saturated heterocycles. The number of nitrogens with zero attached hydrogens (tertiary/aromatic N) is 9. The molecular formula is C76H129BrN14O32. The first-order valence-electron chi connectivity index (χ1n) is 41.8. The van der Waals surface area contributed by atoms with E-state index < -0.39 is 102 Å². The number of carbonyl (C=O) groups excluding carboxylic acids is 5. The molecule has 0 unspecified atom stereocenters. The molecule has 5 aliphatic rings. The Labute approximate surface area is 722 Å². The molecule has 4 bridgehead atoms. The molecule has 0 saturated carbocycles. The van der Waals surface area contributed by atoms with Crippen molar-refractivity contribution >= 4 is 45.5 Å². The molecule has 0 radical (unpaired) electrons. The van der Waals surface area contributed by atoms with Crippen LogP contribution in [0.4, 0.5) is 0 Å². The van der Waals surface area contributed by atoms with Crippen LogP contribution in [-0.4, -0.2) is 410 Å². The maximum atomic E-state index is 14.2. The third-order valence-corrected chi connectivity index (χ3v) is 20.6. The van der Waals surface area contributed by atoms with Gasteiger partial charge in [-0.25, -0.2) is 14.0 Å². The molecule has 8 rings (SSSR count). The number of aliphatic hydroxyl groups excluding tert-OH is 7. The Morgan fingerprint density at radius 3 is 1.17 bits per heavy atom. The van der Waals surface area contributed by atoms with E-state index in [1.165, 1.54) is 13.8 Å². The molecule has 3 aromatic heterocycles. The van der Waals surface area contributed by atoms with Gasteiger partial charge < -0.3 is 157 Å². The molecular weight excluding hydrogens is 1700 g/mol. The minimum atomic E-state index is -1.35. The van der Waals surface area contributed by atoms with Gasteiger partial charge in [-0.3, -0.25) is 24.0 Å². The number of nitrogens with one attached hydrogen (secondary N) is 5. The highest BCUT2D eigenvalue weighted by molar-refractivity contribution is 9.09. The maximum Gasteiger partial charge on any atom is 0.230 e. The monoisotopic (exact) mass is 1830 g/mol. The van der Waals surface area contributed by atoms with Crippen LogP contribution in [0.5, 0.6) is 0 Å². The summed E-state index contributed by atoms with van der Waals surface area (Å²) in [5.41, 5.74) is -3.66. The Morgan fingerprint density at radius 2 is 0.797 bits per heavy atom. The lowest BCUT2D eigenvalue weighted by Gasteiger charge is -2.42. The zero-order chi connectivity index (χ0) is 88.0. The Bertz CT molecular complexity index is 3330. The Hall–Kier alpha value is -5.83. The number of unbranched alkanes of at least 4 members (excludes halogenated alkanes) is 4. The van der Waals surface area contributed by atoms with Gasteiger partial charge in [-0.2, -0.15) is 0 Å². The highest BCUT2D eigenvalue weighted by Gasteiger charge is 2.61. The number of carbonyl (C=O) groups is 5. The first-order chi connectivity index (χ1) is 59.5. The lowest BCUT2D eigenvalue weighted by molar-refractivity contribution is -0.286. The number of hydrogen-bond donors (Lipinski definition) is 12. The molecule has 46 nitrogen and oxygen atoms in total. The fraction of sp³-hybridized carbons (Fsp3) is 0.855. The van der Waals surface area contributed by atoms with E-state index in [1.807, 2.05) is 0 Å². The van der Waals surface area contributed by atoms with Gasteiger partial charge in [0.1, 0.15) is 82.0 Å². The number of hydrogen-bond acceptors (Lipinski definition) is 38. The van der Waals surface area contributed by atoms with Crippen molar-refractivity contribution in [1.82, 2.24) is 71.6 Å². The van der Waals surface area contributed by atoms with Gasteiger partial charge in [0, 0.05) is 46.2 Å². The van der Waals surface area contributed by atoms with Crippen molar-refractivity contribution in [1.29, 1.82) is 0 Å². The molecule has 0 aromatic carbocycles. The third-order valence-electron chi connectivity index (χ3n) is 20.1. The molecule has 0 aliphatic carbocycles. The van der Waals surface area contributed by atoms with Gasteiger partial charge in [0.15, 0.2) is 18.9 Å². The number of aliphatic hydroxyl groups is 7. The van der Waals surface area contributed by atoms with Crippen LogP contribution < -0.4 is 26.6 Å². The molecule has 123 heavy (non-hydrogen) atoms. The molecule has 47 heteroatoms. The Morgan fingerprint density at radius 1 is 0.447 bits per heavy atom. The molecule has 8 heterocycles. The van der Waals surface area contributed by atoms with Gasteiger partial charge in [0.05, 0.1) is 261 Å². The number of rotatable bonds is 70. The fourth-order valence-electron chi connectivity index (χ4n) is 13.6. The summed E-state index contributed by atoms with van der Waals surface area (Å²) in [6.07, 6.45) is -1.06. The van der Waals surface area contributed by atoms with Crippen molar-refractivity contribution in [2.24, 2.45) is 0 Å². The average Bonchev–Trinajstić information content (AvgIpc) is 1.61. The standard InChI is InChI=1S/C76H129BrN14O32/c1-54(92)80-64-66(99)69(102)75(52-119-71(64)122-75)50-114-36-33-111-30-27-108-24-21-105-18-15-90-41-57(84-87-90)44-117-48-74(82-61(96)11-7-5-8-12-78-60(95)10-6-4-9-13-79-62(97)39-77,47-116-43-56-40-89(86-83-56)14-17-104-20-23-107-26-29-110-32-35-113-46-73(3)68(101)59(94)38-63(98)121-73)49-118-45-58-42-91(88-85-58)16-19-106-22-25-109-28-31-112-34-37-115-51-76-53-120-72(123-76)65(81-55(2)93)67(100)70(76)103/h40-42,59,63-72,94,98-103H,4-39,43-53H2,1-3H3,(H,78,95)(H,79,97)(H,80,92)(H,81,93)(H,82,96)/t59-,63+,64-,65-,66-,67-,68-,69-,70-,71+,72+,73-,75+,76+/m1/s1. The molecule has 12 N–H and O–H groups in total. The number of halogens is 1. The van der Waals surface area contributed by atoms with Crippen LogP contribution in [-0.2, 0) is 158 Å². The summed E-state index contributed by atoms with van der Waals surface area (Å²) in [6, 6.07) is -1.82. The van der Waals surface area contributed by atoms with Crippen LogP contribution in [0.3, 0.4) is 0 Å². The normalized spacial score (nSPS) is 25.3. The van der Waals surface area contributed by atoms with E-state index in [-0.39, 0.29) is 161 Å². The summed E-state index contributed by atoms with van der Waals surface area (Å²) >= 11 is 3.13. The van der Waals surface area contributed by atoms with Crippen molar-refractivity contribution in [2.75, 3.05) is 210 Å². The molecule has 5 amide bonds. The van der Waals surface area contributed by atoms with Gasteiger partial charge in [-0.15, -0.1) is 15.3 Å². The summed E-state index contributed by atoms with van der Waals surface area (Å²) in [4.78, 5) is 61.5. The van der Waals surface area contributed by atoms with Crippen LogP contribution >= 0.6 is 15.9 Å². The molecule has 5 fully saturated rings. The molecule has 0 spiro atoms. The second kappa shape index (κ2) is 56.5. The highest BCUT2D eigenvalue weighted by Crippen LogP contribution is 2.39. The maximum absolute atomic E-state index is 14.2. The zero-order valence-electron chi connectivity index (χ0n) is 70.6. The van der Waals surface area contributed by atoms with Crippen LogP contribution in [0.1, 0.15) is 95.6 Å². The van der Waals surface area contributed by atoms with Crippen molar-refractivity contribution in [3.63, 3.8) is 0 Å². The van der Waals surface area contributed by atoms with Crippen LogP contribution in [0.15, 0.2) is 18.6 Å². The first-order valence-corrected chi connectivity index (χ1v) is 43.0.